The normalized spacial score (nSPS) is 11.7. The molecular formula is C15H17NO2. The van der Waals surface area contributed by atoms with Crippen molar-refractivity contribution >= 4 is 16.6 Å². The molecule has 0 amide bonds. The summed E-state index contributed by atoms with van der Waals surface area (Å²) in [5.41, 5.74) is -0.141. The summed E-state index contributed by atoms with van der Waals surface area (Å²) in [6, 6.07) is 7.59. The average molecular weight is 243 g/mol. The van der Waals surface area contributed by atoms with E-state index in [1.54, 1.807) is 26.2 Å². The van der Waals surface area contributed by atoms with E-state index in [2.05, 4.69) is 4.98 Å². The van der Waals surface area contributed by atoms with Crippen LogP contribution in [0, 0.1) is 0 Å². The highest BCUT2D eigenvalue weighted by Crippen LogP contribution is 2.23. The minimum atomic E-state index is -0.807. The van der Waals surface area contributed by atoms with Crippen LogP contribution in [0.3, 0.4) is 0 Å². The second-order valence-corrected chi connectivity index (χ2v) is 4.67. The van der Waals surface area contributed by atoms with Crippen LogP contribution in [0.4, 0.5) is 0 Å². The number of ether oxygens (including phenoxy) is 1. The fourth-order valence-corrected chi connectivity index (χ4v) is 2.06. The van der Waals surface area contributed by atoms with E-state index < -0.39 is 5.60 Å². The zero-order chi connectivity index (χ0) is 13.2. The monoisotopic (exact) mass is 243 g/mol. The molecule has 0 N–H and O–H groups in total. The molecule has 0 saturated heterocycles. The molecule has 0 bridgehead atoms. The molecule has 0 radical (unpaired) electrons. The van der Waals surface area contributed by atoms with Crippen molar-refractivity contribution in [2.24, 2.45) is 0 Å². The van der Waals surface area contributed by atoms with Gasteiger partial charge in [-0.15, -0.1) is 0 Å². The van der Waals surface area contributed by atoms with Gasteiger partial charge in [0.15, 0.2) is 5.78 Å². The van der Waals surface area contributed by atoms with Crippen molar-refractivity contribution in [3.05, 3.63) is 42.2 Å². The van der Waals surface area contributed by atoms with Crippen LogP contribution in [0.5, 0.6) is 0 Å². The smallest absolute Gasteiger partial charge is 0.194 e. The van der Waals surface area contributed by atoms with E-state index in [0.29, 0.717) is 12.2 Å². The minimum absolute atomic E-state index is 0.0112. The molecule has 18 heavy (non-hydrogen) atoms. The van der Waals surface area contributed by atoms with Gasteiger partial charge in [0.1, 0.15) is 5.60 Å². The number of ketones is 1. The molecule has 0 unspecified atom stereocenters. The summed E-state index contributed by atoms with van der Waals surface area (Å²) in [4.78, 5) is 16.6. The first-order valence-electron chi connectivity index (χ1n) is 6.08. The van der Waals surface area contributed by atoms with Crippen LogP contribution in [0.1, 0.15) is 31.1 Å². The summed E-state index contributed by atoms with van der Waals surface area (Å²) >= 11 is 0. The second-order valence-electron chi connectivity index (χ2n) is 4.67. The number of hydrogen-bond donors (Lipinski definition) is 0. The number of aromatic nitrogens is 1. The first kappa shape index (κ1) is 12.7. The Kier molecular flexibility index (Phi) is 3.43. The number of fused-ring (bicyclic) bond motifs is 1. The number of carbonyl (C=O) groups is 1. The van der Waals surface area contributed by atoms with Crippen LogP contribution in [0.2, 0.25) is 0 Å². The van der Waals surface area contributed by atoms with E-state index in [9.17, 15) is 4.79 Å². The number of hydrogen-bond acceptors (Lipinski definition) is 3. The van der Waals surface area contributed by atoms with Crippen molar-refractivity contribution in [3.8, 4) is 0 Å². The summed E-state index contributed by atoms with van der Waals surface area (Å²) in [6.45, 7) is 6.00. The first-order chi connectivity index (χ1) is 8.56. The van der Waals surface area contributed by atoms with Gasteiger partial charge in [0.25, 0.3) is 0 Å². The third kappa shape index (κ3) is 2.27. The maximum Gasteiger partial charge on any atom is 0.194 e. The van der Waals surface area contributed by atoms with E-state index >= 15 is 0 Å². The van der Waals surface area contributed by atoms with Gasteiger partial charge >= 0.3 is 0 Å². The maximum absolute atomic E-state index is 12.5. The molecular weight excluding hydrogens is 226 g/mol. The van der Waals surface area contributed by atoms with Gasteiger partial charge < -0.3 is 4.74 Å². The van der Waals surface area contributed by atoms with Crippen LogP contribution in [0.15, 0.2) is 36.7 Å². The van der Waals surface area contributed by atoms with Crippen LogP contribution in [-0.4, -0.2) is 23.0 Å². The topological polar surface area (TPSA) is 39.2 Å². The van der Waals surface area contributed by atoms with Gasteiger partial charge in [-0.1, -0.05) is 18.2 Å². The molecule has 2 rings (SSSR count). The van der Waals surface area contributed by atoms with Crippen LogP contribution < -0.4 is 0 Å². The Morgan fingerprint density at radius 2 is 2.11 bits per heavy atom. The molecule has 3 nitrogen and oxygen atoms in total. The summed E-state index contributed by atoms with van der Waals surface area (Å²) < 4.78 is 5.52. The molecule has 0 aliphatic carbocycles. The van der Waals surface area contributed by atoms with Crippen LogP contribution in [0.25, 0.3) is 10.8 Å². The van der Waals surface area contributed by atoms with Gasteiger partial charge in [-0.3, -0.25) is 9.78 Å². The SMILES string of the molecule is CCOC(C)(C)C(=O)c1cccc2ccncc12. The molecule has 3 heteroatoms. The van der Waals surface area contributed by atoms with Crippen LogP contribution in [-0.2, 0) is 4.74 Å². The summed E-state index contributed by atoms with van der Waals surface area (Å²) in [5.74, 6) is -0.0112. The lowest BCUT2D eigenvalue weighted by molar-refractivity contribution is 0.00139. The van der Waals surface area contributed by atoms with Crippen LogP contribution >= 0.6 is 0 Å². The Morgan fingerprint density at radius 1 is 1.33 bits per heavy atom. The molecule has 94 valence electrons. The van der Waals surface area contributed by atoms with E-state index in [4.69, 9.17) is 4.74 Å². The van der Waals surface area contributed by atoms with Crippen molar-refractivity contribution in [1.29, 1.82) is 0 Å². The highest BCUT2D eigenvalue weighted by atomic mass is 16.5. The minimum Gasteiger partial charge on any atom is -0.368 e. The Labute approximate surface area is 107 Å². The summed E-state index contributed by atoms with van der Waals surface area (Å²) in [6.07, 6.45) is 3.45. The molecule has 1 heterocycles. The molecule has 1 aromatic heterocycles. The third-order valence-corrected chi connectivity index (χ3v) is 2.98. The van der Waals surface area contributed by atoms with Gasteiger partial charge in [0.05, 0.1) is 0 Å². The van der Waals surface area contributed by atoms with Gasteiger partial charge in [0.2, 0.25) is 0 Å². The number of carbonyl (C=O) groups excluding carboxylic acids is 1. The van der Waals surface area contributed by atoms with Crippen molar-refractivity contribution in [2.75, 3.05) is 6.61 Å². The number of Topliss-reactive ketones (excluding diaryl/α,β-unsaturated/α-hetero) is 1. The van der Waals surface area contributed by atoms with Crippen molar-refractivity contribution in [2.45, 2.75) is 26.4 Å². The predicted octanol–water partition coefficient (Wildman–Crippen LogP) is 3.23. The van der Waals surface area contributed by atoms with E-state index in [0.717, 1.165) is 10.8 Å². The van der Waals surface area contributed by atoms with Crippen molar-refractivity contribution in [3.63, 3.8) is 0 Å². The van der Waals surface area contributed by atoms with E-state index in [1.165, 1.54) is 0 Å². The zero-order valence-corrected chi connectivity index (χ0v) is 10.9. The number of pyridine rings is 1. The standard InChI is InChI=1S/C15H17NO2/c1-4-18-15(2,3)14(17)12-7-5-6-11-8-9-16-10-13(11)12/h5-10H,4H2,1-3H3. The van der Waals surface area contributed by atoms with Gasteiger partial charge in [-0.2, -0.15) is 0 Å². The van der Waals surface area contributed by atoms with Crippen molar-refractivity contribution in [1.82, 2.24) is 4.98 Å². The number of rotatable bonds is 4. The highest BCUT2D eigenvalue weighted by molar-refractivity contribution is 6.11. The third-order valence-electron chi connectivity index (χ3n) is 2.98. The fraction of sp³-hybridized carbons (Fsp3) is 0.333. The van der Waals surface area contributed by atoms with Gasteiger partial charge in [-0.05, 0) is 32.2 Å². The zero-order valence-electron chi connectivity index (χ0n) is 10.9. The Morgan fingerprint density at radius 3 is 2.83 bits per heavy atom. The predicted molar refractivity (Wildman–Crippen MR) is 71.8 cm³/mol. The van der Waals surface area contributed by atoms with E-state index in [-0.39, 0.29) is 5.78 Å². The Balaban J connectivity index is 2.51. The average Bonchev–Trinajstić information content (AvgIpc) is 2.37. The first-order valence-corrected chi connectivity index (χ1v) is 6.08. The lowest BCUT2D eigenvalue weighted by Crippen LogP contribution is -2.35. The Hall–Kier alpha value is -1.74. The molecule has 0 spiro atoms. The molecule has 1 aromatic carbocycles. The van der Waals surface area contributed by atoms with Gasteiger partial charge in [-0.25, -0.2) is 0 Å². The lowest BCUT2D eigenvalue weighted by Gasteiger charge is -2.23. The van der Waals surface area contributed by atoms with Gasteiger partial charge in [0, 0.05) is 30.0 Å². The Bertz CT molecular complexity index is 570. The molecule has 2 aromatic rings. The van der Waals surface area contributed by atoms with Crippen molar-refractivity contribution < 1.29 is 9.53 Å². The second kappa shape index (κ2) is 4.86. The highest BCUT2D eigenvalue weighted by Gasteiger charge is 2.30. The molecule has 0 saturated carbocycles. The molecule has 0 fully saturated rings. The quantitative estimate of drug-likeness (QED) is 0.774. The maximum atomic E-state index is 12.5. The number of nitrogens with zero attached hydrogens (tertiary/aromatic N) is 1. The number of benzene rings is 1. The molecule has 0 aliphatic rings. The summed E-state index contributed by atoms with van der Waals surface area (Å²) in [5, 5.41) is 1.89. The molecule has 0 aliphatic heterocycles. The summed E-state index contributed by atoms with van der Waals surface area (Å²) in [7, 11) is 0. The lowest BCUT2D eigenvalue weighted by atomic mass is 9.93. The molecule has 0 atom stereocenters. The van der Waals surface area contributed by atoms with E-state index in [1.807, 2.05) is 31.2 Å². The largest absolute Gasteiger partial charge is 0.368 e. The fourth-order valence-electron chi connectivity index (χ4n) is 2.06.